The zero-order valence-corrected chi connectivity index (χ0v) is 15.7. The van der Waals surface area contributed by atoms with Crippen molar-refractivity contribution in [3.8, 4) is 5.75 Å². The fraction of sp³-hybridized carbons (Fsp3) is 0.364. The van der Waals surface area contributed by atoms with E-state index in [4.69, 9.17) is 4.74 Å². The predicted octanol–water partition coefficient (Wildman–Crippen LogP) is 3.40. The number of nitrogens with zero attached hydrogens (tertiary/aromatic N) is 1. The van der Waals surface area contributed by atoms with Gasteiger partial charge in [-0.25, -0.2) is 0 Å². The zero-order valence-electron chi connectivity index (χ0n) is 15.7. The minimum absolute atomic E-state index is 0.000568. The fourth-order valence-electron chi connectivity index (χ4n) is 3.30. The monoisotopic (exact) mass is 366 g/mol. The van der Waals surface area contributed by atoms with Crippen molar-refractivity contribution in [3.63, 3.8) is 0 Å². The quantitative estimate of drug-likeness (QED) is 0.852. The average Bonchev–Trinajstić information content (AvgIpc) is 2.71. The molecular formula is C22H26N2O3. The van der Waals surface area contributed by atoms with E-state index in [1.54, 1.807) is 24.3 Å². The van der Waals surface area contributed by atoms with Crippen LogP contribution in [0.15, 0.2) is 54.6 Å². The molecule has 0 aliphatic carbocycles. The number of hydrogen-bond acceptors (Lipinski definition) is 3. The van der Waals surface area contributed by atoms with Crippen LogP contribution in [0.4, 0.5) is 0 Å². The van der Waals surface area contributed by atoms with Gasteiger partial charge in [-0.15, -0.1) is 0 Å². The Hall–Kier alpha value is -2.82. The molecule has 27 heavy (non-hydrogen) atoms. The second-order valence-corrected chi connectivity index (χ2v) is 6.92. The predicted molar refractivity (Wildman–Crippen MR) is 105 cm³/mol. The van der Waals surface area contributed by atoms with Crippen LogP contribution in [0.25, 0.3) is 0 Å². The molecule has 0 radical (unpaired) electrons. The maximum atomic E-state index is 12.4. The normalized spacial score (nSPS) is 16.6. The lowest BCUT2D eigenvalue weighted by Crippen LogP contribution is -2.44. The van der Waals surface area contributed by atoms with Crippen LogP contribution in [-0.4, -0.2) is 35.9 Å². The van der Waals surface area contributed by atoms with E-state index in [9.17, 15) is 9.59 Å². The lowest BCUT2D eigenvalue weighted by molar-refractivity contribution is -0.136. The molecule has 3 rings (SSSR count). The van der Waals surface area contributed by atoms with Crippen LogP contribution in [0, 0.1) is 0 Å². The number of nitrogens with one attached hydrogen (secondary N) is 1. The maximum absolute atomic E-state index is 12.4. The Morgan fingerprint density at radius 3 is 2.70 bits per heavy atom. The van der Waals surface area contributed by atoms with Gasteiger partial charge in [0.05, 0.1) is 0 Å². The highest BCUT2D eigenvalue weighted by Gasteiger charge is 2.23. The van der Waals surface area contributed by atoms with Gasteiger partial charge in [-0.1, -0.05) is 36.4 Å². The lowest BCUT2D eigenvalue weighted by Gasteiger charge is -2.33. The molecule has 1 N–H and O–H groups in total. The molecule has 0 unspecified atom stereocenters. The molecule has 2 amide bonds. The Morgan fingerprint density at radius 1 is 1.11 bits per heavy atom. The van der Waals surface area contributed by atoms with Gasteiger partial charge >= 0.3 is 0 Å². The number of carbonyl (C=O) groups excluding carboxylic acids is 2. The number of rotatable bonds is 6. The number of benzene rings is 2. The van der Waals surface area contributed by atoms with Crippen molar-refractivity contribution in [2.75, 3.05) is 13.2 Å². The van der Waals surface area contributed by atoms with Crippen molar-refractivity contribution in [1.82, 2.24) is 10.2 Å². The van der Waals surface area contributed by atoms with E-state index in [1.165, 1.54) is 6.42 Å². The first kappa shape index (κ1) is 19.0. The molecule has 5 heteroatoms. The second-order valence-electron chi connectivity index (χ2n) is 6.92. The molecule has 1 saturated heterocycles. The molecule has 1 heterocycles. The summed E-state index contributed by atoms with van der Waals surface area (Å²) < 4.78 is 5.65. The van der Waals surface area contributed by atoms with Crippen molar-refractivity contribution in [3.05, 3.63) is 65.7 Å². The molecule has 0 spiro atoms. The minimum Gasteiger partial charge on any atom is -0.484 e. The number of ether oxygens (including phenoxy) is 1. The molecule has 0 bridgehead atoms. The Bertz CT molecular complexity index is 776. The smallest absolute Gasteiger partial charge is 0.260 e. The van der Waals surface area contributed by atoms with E-state index < -0.39 is 0 Å². The molecule has 0 aromatic heterocycles. The topological polar surface area (TPSA) is 58.6 Å². The summed E-state index contributed by atoms with van der Waals surface area (Å²) >= 11 is 0. The number of likely N-dealkylation sites (tertiary alicyclic amines) is 1. The number of amides is 2. The third kappa shape index (κ3) is 5.33. The number of piperidine rings is 1. The Labute approximate surface area is 160 Å². The van der Waals surface area contributed by atoms with Crippen molar-refractivity contribution in [2.45, 2.75) is 38.8 Å². The molecule has 0 saturated carbocycles. The van der Waals surface area contributed by atoms with Gasteiger partial charge in [-0.3, -0.25) is 9.59 Å². The lowest BCUT2D eigenvalue weighted by atomic mass is 10.0. The van der Waals surface area contributed by atoms with Gasteiger partial charge in [0.15, 0.2) is 6.61 Å². The van der Waals surface area contributed by atoms with Crippen LogP contribution >= 0.6 is 0 Å². The molecule has 142 valence electrons. The molecule has 1 atom stereocenters. The van der Waals surface area contributed by atoms with Crippen LogP contribution < -0.4 is 10.1 Å². The van der Waals surface area contributed by atoms with E-state index in [0.717, 1.165) is 24.9 Å². The zero-order chi connectivity index (χ0) is 19.1. The molecule has 2 aromatic rings. The van der Waals surface area contributed by atoms with Gasteiger partial charge in [0.1, 0.15) is 5.75 Å². The second kappa shape index (κ2) is 9.21. The summed E-state index contributed by atoms with van der Waals surface area (Å²) in [5.41, 5.74) is 1.56. The highest BCUT2D eigenvalue weighted by atomic mass is 16.5. The van der Waals surface area contributed by atoms with Crippen molar-refractivity contribution in [2.24, 2.45) is 0 Å². The van der Waals surface area contributed by atoms with E-state index in [0.29, 0.717) is 17.9 Å². The molecule has 1 aliphatic heterocycles. The molecule has 1 aliphatic rings. The first-order chi connectivity index (χ1) is 13.1. The third-order valence-corrected chi connectivity index (χ3v) is 4.88. The van der Waals surface area contributed by atoms with Crippen LogP contribution in [0.1, 0.15) is 42.1 Å². The Kier molecular flexibility index (Phi) is 6.47. The summed E-state index contributed by atoms with van der Waals surface area (Å²) in [6.07, 6.45) is 3.27. The fourth-order valence-corrected chi connectivity index (χ4v) is 3.30. The maximum Gasteiger partial charge on any atom is 0.260 e. The van der Waals surface area contributed by atoms with Gasteiger partial charge in [0.25, 0.3) is 11.8 Å². The third-order valence-electron chi connectivity index (χ3n) is 4.88. The van der Waals surface area contributed by atoms with Gasteiger partial charge in [-0.05, 0) is 49.9 Å². The highest BCUT2D eigenvalue weighted by Crippen LogP contribution is 2.18. The van der Waals surface area contributed by atoms with Crippen LogP contribution in [0.2, 0.25) is 0 Å². The van der Waals surface area contributed by atoms with Gasteiger partial charge in [-0.2, -0.15) is 0 Å². The average molecular weight is 366 g/mol. The number of carbonyl (C=O) groups is 2. The summed E-state index contributed by atoms with van der Waals surface area (Å²) in [4.78, 5) is 26.6. The van der Waals surface area contributed by atoms with E-state index in [2.05, 4.69) is 12.2 Å². The standard InChI is InChI=1S/C22H26N2O3/c1-17-8-5-6-13-24(17)21(25)16-27-20-12-7-11-19(14-20)22(26)23-15-18-9-3-2-4-10-18/h2-4,7,9-12,14,17H,5-6,8,13,15-16H2,1H3,(H,23,26)/t17-/m1/s1. The minimum atomic E-state index is -0.166. The molecule has 5 nitrogen and oxygen atoms in total. The van der Waals surface area contributed by atoms with Gasteiger partial charge in [0, 0.05) is 24.7 Å². The summed E-state index contributed by atoms with van der Waals surface area (Å²) in [6.45, 7) is 3.34. The van der Waals surface area contributed by atoms with Crippen LogP contribution in [0.5, 0.6) is 5.75 Å². The first-order valence-electron chi connectivity index (χ1n) is 9.48. The molecule has 2 aromatic carbocycles. The van der Waals surface area contributed by atoms with Gasteiger partial charge in [0.2, 0.25) is 0 Å². The molecule has 1 fully saturated rings. The Morgan fingerprint density at radius 2 is 1.93 bits per heavy atom. The van der Waals surface area contributed by atoms with Crippen molar-refractivity contribution < 1.29 is 14.3 Å². The molecular weight excluding hydrogens is 340 g/mol. The van der Waals surface area contributed by atoms with Crippen LogP contribution in [0.3, 0.4) is 0 Å². The SMILES string of the molecule is C[C@@H]1CCCCN1C(=O)COc1cccc(C(=O)NCc2ccccc2)c1. The highest BCUT2D eigenvalue weighted by molar-refractivity contribution is 5.94. The van der Waals surface area contributed by atoms with Crippen molar-refractivity contribution >= 4 is 11.8 Å². The largest absolute Gasteiger partial charge is 0.484 e. The van der Waals surface area contributed by atoms with E-state index in [-0.39, 0.29) is 24.5 Å². The Balaban J connectivity index is 1.53. The first-order valence-corrected chi connectivity index (χ1v) is 9.48. The van der Waals surface area contributed by atoms with Gasteiger partial charge < -0.3 is 15.0 Å². The number of hydrogen-bond donors (Lipinski definition) is 1. The van der Waals surface area contributed by atoms with Crippen molar-refractivity contribution in [1.29, 1.82) is 0 Å². The summed E-state index contributed by atoms with van der Waals surface area (Å²) in [5, 5.41) is 2.90. The van der Waals surface area contributed by atoms with E-state index >= 15 is 0 Å². The summed E-state index contributed by atoms with van der Waals surface area (Å²) in [7, 11) is 0. The van der Waals surface area contributed by atoms with Crippen LogP contribution in [-0.2, 0) is 11.3 Å². The summed E-state index contributed by atoms with van der Waals surface area (Å²) in [5.74, 6) is 0.363. The summed E-state index contributed by atoms with van der Waals surface area (Å²) in [6, 6.07) is 17.0. The van der Waals surface area contributed by atoms with E-state index in [1.807, 2.05) is 35.2 Å².